The van der Waals surface area contributed by atoms with Crippen LogP contribution in [0.2, 0.25) is 0 Å². The first kappa shape index (κ1) is 12.4. The van der Waals surface area contributed by atoms with Gasteiger partial charge in [-0.25, -0.2) is 0 Å². The molecular formula is C14H22N2O. The predicted molar refractivity (Wildman–Crippen MR) is 71.2 cm³/mol. The average Bonchev–Trinajstić information content (AvgIpc) is 2.40. The third kappa shape index (κ3) is 3.20. The van der Waals surface area contributed by atoms with Gasteiger partial charge in [-0.2, -0.15) is 0 Å². The summed E-state index contributed by atoms with van der Waals surface area (Å²) in [6.45, 7) is 5.67. The molecule has 0 atom stereocenters. The van der Waals surface area contributed by atoms with Crippen molar-refractivity contribution >= 4 is 5.69 Å². The Bertz CT molecular complexity index is 346. The van der Waals surface area contributed by atoms with Gasteiger partial charge in [0.1, 0.15) is 0 Å². The molecule has 1 heterocycles. The van der Waals surface area contributed by atoms with Gasteiger partial charge in [0.25, 0.3) is 0 Å². The molecule has 1 aromatic rings. The molecule has 0 amide bonds. The topological polar surface area (TPSA) is 38.5 Å². The molecule has 3 heteroatoms. The van der Waals surface area contributed by atoms with Crippen LogP contribution in [0.15, 0.2) is 24.3 Å². The molecular weight excluding hydrogens is 212 g/mol. The molecule has 1 saturated heterocycles. The van der Waals surface area contributed by atoms with Crippen molar-refractivity contribution in [2.45, 2.75) is 32.4 Å². The molecule has 1 aliphatic heterocycles. The second-order valence-electron chi connectivity index (χ2n) is 4.52. The summed E-state index contributed by atoms with van der Waals surface area (Å²) in [6, 6.07) is 8.53. The van der Waals surface area contributed by atoms with Crippen LogP contribution in [0.1, 0.15) is 25.3 Å². The van der Waals surface area contributed by atoms with Crippen molar-refractivity contribution in [3.63, 3.8) is 0 Å². The monoisotopic (exact) mass is 234 g/mol. The van der Waals surface area contributed by atoms with Gasteiger partial charge in [-0.15, -0.1) is 0 Å². The van der Waals surface area contributed by atoms with Crippen molar-refractivity contribution in [3.05, 3.63) is 29.8 Å². The molecule has 0 aliphatic carbocycles. The number of anilines is 1. The minimum atomic E-state index is 0.453. The van der Waals surface area contributed by atoms with Crippen LogP contribution in [0.25, 0.3) is 0 Å². The van der Waals surface area contributed by atoms with Gasteiger partial charge < -0.3 is 15.4 Å². The lowest BCUT2D eigenvalue weighted by Gasteiger charge is -2.33. The van der Waals surface area contributed by atoms with Crippen molar-refractivity contribution in [2.75, 3.05) is 24.6 Å². The van der Waals surface area contributed by atoms with Gasteiger partial charge in [-0.05, 0) is 37.5 Å². The maximum atomic E-state index is 5.67. The molecule has 2 N–H and O–H groups in total. The van der Waals surface area contributed by atoms with Crippen LogP contribution in [0.3, 0.4) is 0 Å². The Morgan fingerprint density at radius 1 is 1.35 bits per heavy atom. The molecule has 1 aliphatic rings. The average molecular weight is 234 g/mol. The lowest BCUT2D eigenvalue weighted by Crippen LogP contribution is -2.37. The third-order valence-electron chi connectivity index (χ3n) is 3.36. The lowest BCUT2D eigenvalue weighted by molar-refractivity contribution is 0.0459. The van der Waals surface area contributed by atoms with E-state index >= 15 is 0 Å². The molecule has 0 radical (unpaired) electrons. The molecule has 0 saturated carbocycles. The second kappa shape index (κ2) is 6.03. The van der Waals surface area contributed by atoms with Crippen LogP contribution in [-0.4, -0.2) is 25.8 Å². The van der Waals surface area contributed by atoms with E-state index in [2.05, 4.69) is 36.1 Å². The highest BCUT2D eigenvalue weighted by Crippen LogP contribution is 2.22. The summed E-state index contributed by atoms with van der Waals surface area (Å²) in [6.07, 6.45) is 2.70. The third-order valence-corrected chi connectivity index (χ3v) is 3.36. The molecule has 17 heavy (non-hydrogen) atoms. The van der Waals surface area contributed by atoms with Gasteiger partial charge in [0.05, 0.1) is 6.10 Å². The Hall–Kier alpha value is -1.06. The zero-order valence-corrected chi connectivity index (χ0v) is 10.6. The van der Waals surface area contributed by atoms with Gasteiger partial charge in [0.2, 0.25) is 0 Å². The van der Waals surface area contributed by atoms with Crippen molar-refractivity contribution in [2.24, 2.45) is 5.73 Å². The fraction of sp³-hybridized carbons (Fsp3) is 0.571. The fourth-order valence-corrected chi connectivity index (χ4v) is 2.40. The van der Waals surface area contributed by atoms with E-state index in [1.54, 1.807) is 0 Å². The summed E-state index contributed by atoms with van der Waals surface area (Å²) in [5.74, 6) is 0. The van der Waals surface area contributed by atoms with E-state index in [-0.39, 0.29) is 0 Å². The van der Waals surface area contributed by atoms with Crippen LogP contribution < -0.4 is 10.6 Å². The van der Waals surface area contributed by atoms with E-state index in [0.29, 0.717) is 12.6 Å². The second-order valence-corrected chi connectivity index (χ2v) is 4.52. The standard InChI is InChI=1S/C14H22N2O/c1-2-17-14-6-8-16(9-7-14)13-5-3-4-12(10-13)11-15/h3-5,10,14H,2,6-9,11,15H2,1H3. The smallest absolute Gasteiger partial charge is 0.0608 e. The molecule has 3 nitrogen and oxygen atoms in total. The molecule has 0 bridgehead atoms. The van der Waals surface area contributed by atoms with E-state index in [9.17, 15) is 0 Å². The fourth-order valence-electron chi connectivity index (χ4n) is 2.40. The largest absolute Gasteiger partial charge is 0.378 e. The Kier molecular flexibility index (Phi) is 4.40. The molecule has 0 unspecified atom stereocenters. The van der Waals surface area contributed by atoms with Gasteiger partial charge in [-0.3, -0.25) is 0 Å². The molecule has 0 aromatic heterocycles. The van der Waals surface area contributed by atoms with Crippen LogP contribution in [0.5, 0.6) is 0 Å². The molecule has 1 aromatic carbocycles. The van der Waals surface area contributed by atoms with Crippen LogP contribution in [0, 0.1) is 0 Å². The van der Waals surface area contributed by atoms with Gasteiger partial charge >= 0.3 is 0 Å². The van der Waals surface area contributed by atoms with E-state index < -0.39 is 0 Å². The van der Waals surface area contributed by atoms with Crippen LogP contribution >= 0.6 is 0 Å². The Morgan fingerprint density at radius 2 is 2.12 bits per heavy atom. The van der Waals surface area contributed by atoms with Crippen molar-refractivity contribution in [1.82, 2.24) is 0 Å². The van der Waals surface area contributed by atoms with E-state index in [1.807, 2.05) is 0 Å². The molecule has 94 valence electrons. The lowest BCUT2D eigenvalue weighted by atomic mass is 10.1. The number of benzene rings is 1. The first-order valence-electron chi connectivity index (χ1n) is 6.49. The van der Waals surface area contributed by atoms with Crippen molar-refractivity contribution in [3.8, 4) is 0 Å². The van der Waals surface area contributed by atoms with Crippen LogP contribution in [0.4, 0.5) is 5.69 Å². The zero-order valence-electron chi connectivity index (χ0n) is 10.6. The maximum absolute atomic E-state index is 5.67. The molecule has 0 spiro atoms. The highest BCUT2D eigenvalue weighted by atomic mass is 16.5. The Labute approximate surface area is 104 Å². The first-order valence-corrected chi connectivity index (χ1v) is 6.49. The van der Waals surface area contributed by atoms with Crippen molar-refractivity contribution in [1.29, 1.82) is 0 Å². The minimum absolute atomic E-state index is 0.453. The van der Waals surface area contributed by atoms with E-state index in [0.717, 1.165) is 32.5 Å². The summed E-state index contributed by atoms with van der Waals surface area (Å²) in [4.78, 5) is 2.43. The van der Waals surface area contributed by atoms with E-state index in [1.165, 1.54) is 11.3 Å². The normalized spacial score (nSPS) is 17.4. The molecule has 2 rings (SSSR count). The Balaban J connectivity index is 1.95. The number of piperidine rings is 1. The van der Waals surface area contributed by atoms with Crippen LogP contribution in [-0.2, 0) is 11.3 Å². The summed E-state index contributed by atoms with van der Waals surface area (Å²) in [5.41, 5.74) is 8.17. The molecule has 1 fully saturated rings. The SMILES string of the molecule is CCOC1CCN(c2cccc(CN)c2)CC1. The number of hydrogen-bond donors (Lipinski definition) is 1. The number of hydrogen-bond acceptors (Lipinski definition) is 3. The van der Waals surface area contributed by atoms with E-state index in [4.69, 9.17) is 10.5 Å². The number of ether oxygens (including phenoxy) is 1. The highest BCUT2D eigenvalue weighted by molar-refractivity contribution is 5.49. The number of rotatable bonds is 4. The first-order chi connectivity index (χ1) is 8.33. The van der Waals surface area contributed by atoms with Gasteiger partial charge in [0, 0.05) is 31.9 Å². The summed E-state index contributed by atoms with van der Waals surface area (Å²) in [7, 11) is 0. The minimum Gasteiger partial charge on any atom is -0.378 e. The Morgan fingerprint density at radius 3 is 2.76 bits per heavy atom. The maximum Gasteiger partial charge on any atom is 0.0608 e. The number of nitrogens with zero attached hydrogens (tertiary/aromatic N) is 1. The predicted octanol–water partition coefficient (Wildman–Crippen LogP) is 2.15. The number of nitrogens with two attached hydrogens (primary N) is 1. The van der Waals surface area contributed by atoms with Gasteiger partial charge in [-0.1, -0.05) is 12.1 Å². The summed E-state index contributed by atoms with van der Waals surface area (Å²) in [5, 5.41) is 0. The highest BCUT2D eigenvalue weighted by Gasteiger charge is 2.19. The quantitative estimate of drug-likeness (QED) is 0.867. The van der Waals surface area contributed by atoms with Gasteiger partial charge in [0.15, 0.2) is 0 Å². The van der Waals surface area contributed by atoms with Crippen molar-refractivity contribution < 1.29 is 4.74 Å². The zero-order chi connectivity index (χ0) is 12.1. The summed E-state index contributed by atoms with van der Waals surface area (Å²) < 4.78 is 5.67. The summed E-state index contributed by atoms with van der Waals surface area (Å²) >= 11 is 0.